The van der Waals surface area contributed by atoms with Gasteiger partial charge in [0.15, 0.2) is 11.5 Å². The Kier molecular flexibility index (Phi) is 5.81. The van der Waals surface area contributed by atoms with Crippen LogP contribution in [0.15, 0.2) is 36.4 Å². The maximum absolute atomic E-state index is 11.7. The molecular formula is C27H29N5O3. The molecule has 0 radical (unpaired) electrons. The monoisotopic (exact) mass is 471 g/mol. The van der Waals surface area contributed by atoms with E-state index < -0.39 is 5.97 Å². The summed E-state index contributed by atoms with van der Waals surface area (Å²) in [4.78, 5) is 23.5. The van der Waals surface area contributed by atoms with Crippen molar-refractivity contribution in [2.45, 2.75) is 51.7 Å². The minimum atomic E-state index is -0.993. The van der Waals surface area contributed by atoms with Crippen molar-refractivity contribution in [3.63, 3.8) is 0 Å². The van der Waals surface area contributed by atoms with Gasteiger partial charge in [-0.3, -0.25) is 0 Å². The van der Waals surface area contributed by atoms with Gasteiger partial charge < -0.3 is 20.4 Å². The molecule has 1 aliphatic carbocycles. The Balaban J connectivity index is 1.56. The van der Waals surface area contributed by atoms with E-state index in [0.29, 0.717) is 29.1 Å². The molecule has 1 spiro atoms. The molecule has 2 fully saturated rings. The van der Waals surface area contributed by atoms with E-state index in [9.17, 15) is 20.3 Å². The van der Waals surface area contributed by atoms with Crippen molar-refractivity contribution in [2.75, 3.05) is 23.3 Å². The molecule has 3 aromatic rings. The fourth-order valence-corrected chi connectivity index (χ4v) is 5.55. The molecular weight excluding hydrogens is 442 g/mol. The lowest BCUT2D eigenvalue weighted by Crippen LogP contribution is -2.55. The predicted molar refractivity (Wildman–Crippen MR) is 134 cm³/mol. The van der Waals surface area contributed by atoms with Crippen LogP contribution in [-0.4, -0.2) is 45.3 Å². The largest absolute Gasteiger partial charge is 0.478 e. The van der Waals surface area contributed by atoms with Gasteiger partial charge in [-0.05, 0) is 63.3 Å². The number of piperidine rings is 1. The van der Waals surface area contributed by atoms with Crippen LogP contribution >= 0.6 is 0 Å². The number of nitrogens with zero attached hydrogens (tertiary/aromatic N) is 4. The lowest BCUT2D eigenvalue weighted by Gasteiger charge is -2.52. The Bertz CT molecular complexity index is 1350. The fraction of sp³-hybridized carbons (Fsp3) is 0.407. The number of carbonyl (C=O) groups is 1. The Hall–Kier alpha value is -3.70. The van der Waals surface area contributed by atoms with Crippen LogP contribution in [0.2, 0.25) is 0 Å². The first kappa shape index (κ1) is 23.1. The number of hydrogen-bond donors (Lipinski definition) is 3. The number of nitrogens with one attached hydrogen (secondary N) is 1. The highest BCUT2D eigenvalue weighted by Gasteiger charge is 2.48. The summed E-state index contributed by atoms with van der Waals surface area (Å²) in [5.74, 6) is -0.436. The standard InChI is InChI=1S/C27H29N5O3/c1-16-12-19(17(2)29-20-7-4-3-6-18(20)26(34)35)24-21(13-16)30-22(14-28)25(31-24)32-11-5-9-27(15-32)10-8-23(27)33/h3-4,6-7,12-13,17,23,29,33H,5,8-11,15H2,1-2H3,(H,34,35)/t17-,23?,27?/m1/s1. The van der Waals surface area contributed by atoms with Gasteiger partial charge in [-0.2, -0.15) is 5.26 Å². The van der Waals surface area contributed by atoms with Crippen LogP contribution in [0.25, 0.3) is 11.0 Å². The van der Waals surface area contributed by atoms with Crippen molar-refractivity contribution in [1.29, 1.82) is 5.26 Å². The number of anilines is 2. The Labute approximate surface area is 204 Å². The lowest BCUT2D eigenvalue weighted by molar-refractivity contribution is -0.0719. The molecule has 2 heterocycles. The molecule has 8 nitrogen and oxygen atoms in total. The minimum absolute atomic E-state index is 0.118. The van der Waals surface area contributed by atoms with Crippen LogP contribution in [0, 0.1) is 23.7 Å². The van der Waals surface area contributed by atoms with Gasteiger partial charge in [0.1, 0.15) is 6.07 Å². The molecule has 0 amide bonds. The van der Waals surface area contributed by atoms with E-state index in [0.717, 1.165) is 43.4 Å². The van der Waals surface area contributed by atoms with Crippen molar-refractivity contribution in [2.24, 2.45) is 5.41 Å². The van der Waals surface area contributed by atoms with E-state index in [-0.39, 0.29) is 28.8 Å². The second kappa shape index (κ2) is 8.82. The number of benzene rings is 2. The van der Waals surface area contributed by atoms with E-state index in [1.54, 1.807) is 24.3 Å². The van der Waals surface area contributed by atoms with Crippen molar-refractivity contribution >= 4 is 28.5 Å². The normalized spacial score (nSPS) is 22.5. The summed E-state index contributed by atoms with van der Waals surface area (Å²) in [6.45, 7) is 5.37. The maximum atomic E-state index is 11.7. The molecule has 5 rings (SSSR count). The number of aryl methyl sites for hydroxylation is 1. The van der Waals surface area contributed by atoms with Gasteiger partial charge in [0.25, 0.3) is 0 Å². The molecule has 0 bridgehead atoms. The predicted octanol–water partition coefficient (Wildman–Crippen LogP) is 4.42. The van der Waals surface area contributed by atoms with Crippen LogP contribution in [0.4, 0.5) is 11.5 Å². The number of hydrogen-bond acceptors (Lipinski definition) is 7. The average molecular weight is 472 g/mol. The molecule has 1 saturated heterocycles. The van der Waals surface area contributed by atoms with Gasteiger partial charge in [-0.15, -0.1) is 0 Å². The number of carboxylic acids is 1. The van der Waals surface area contributed by atoms with E-state index in [1.807, 2.05) is 26.0 Å². The second-order valence-corrected chi connectivity index (χ2v) is 9.89. The molecule has 2 unspecified atom stereocenters. The molecule has 35 heavy (non-hydrogen) atoms. The third kappa shape index (κ3) is 4.06. The quantitative estimate of drug-likeness (QED) is 0.500. The van der Waals surface area contributed by atoms with Crippen LogP contribution in [-0.2, 0) is 0 Å². The molecule has 1 aromatic heterocycles. The number of aliphatic hydroxyl groups is 1. The second-order valence-electron chi connectivity index (χ2n) is 9.89. The smallest absolute Gasteiger partial charge is 0.337 e. The zero-order chi connectivity index (χ0) is 24.7. The van der Waals surface area contributed by atoms with Crippen LogP contribution in [0.5, 0.6) is 0 Å². The number of para-hydroxylation sites is 1. The molecule has 180 valence electrons. The Morgan fingerprint density at radius 3 is 2.77 bits per heavy atom. The first-order valence-electron chi connectivity index (χ1n) is 12.1. The highest BCUT2D eigenvalue weighted by molar-refractivity contribution is 5.94. The van der Waals surface area contributed by atoms with Crippen LogP contribution in [0.1, 0.15) is 65.8 Å². The zero-order valence-corrected chi connectivity index (χ0v) is 20.0. The van der Waals surface area contributed by atoms with Gasteiger partial charge in [-0.25, -0.2) is 14.8 Å². The number of aromatic carboxylic acids is 1. The number of rotatable bonds is 5. The summed E-state index contributed by atoms with van der Waals surface area (Å²) in [5.41, 5.74) is 4.09. The van der Waals surface area contributed by atoms with Gasteiger partial charge in [0.05, 0.1) is 28.7 Å². The molecule has 3 atom stereocenters. The maximum Gasteiger partial charge on any atom is 0.337 e. The SMILES string of the molecule is Cc1cc([C@@H](C)Nc2ccccc2C(=O)O)c2nc(N3CCCC4(CCC4O)C3)c(C#N)nc2c1. The van der Waals surface area contributed by atoms with E-state index in [1.165, 1.54) is 0 Å². The molecule has 3 N–H and O–H groups in total. The number of nitriles is 1. The third-order valence-corrected chi connectivity index (χ3v) is 7.56. The molecule has 8 heteroatoms. The number of fused-ring (bicyclic) bond motifs is 1. The first-order chi connectivity index (χ1) is 16.8. The van der Waals surface area contributed by atoms with Gasteiger partial charge in [0.2, 0.25) is 0 Å². The van der Waals surface area contributed by atoms with Gasteiger partial charge in [0, 0.05) is 29.8 Å². The Morgan fingerprint density at radius 2 is 2.09 bits per heavy atom. The summed E-state index contributed by atoms with van der Waals surface area (Å²) >= 11 is 0. The topological polar surface area (TPSA) is 122 Å². The summed E-state index contributed by atoms with van der Waals surface area (Å²) in [6, 6.07) is 12.7. The molecule has 2 aromatic carbocycles. The molecule has 2 aliphatic rings. The van der Waals surface area contributed by atoms with Crippen molar-refractivity contribution in [3.8, 4) is 6.07 Å². The first-order valence-corrected chi connectivity index (χ1v) is 12.1. The van der Waals surface area contributed by atoms with Crippen molar-refractivity contribution in [1.82, 2.24) is 9.97 Å². The van der Waals surface area contributed by atoms with Crippen LogP contribution < -0.4 is 10.2 Å². The molecule has 1 aliphatic heterocycles. The number of carboxylic acid groups (broad SMARTS) is 1. The average Bonchev–Trinajstić information content (AvgIpc) is 2.86. The number of aromatic nitrogens is 2. The fourth-order valence-electron chi connectivity index (χ4n) is 5.55. The van der Waals surface area contributed by atoms with Gasteiger partial charge >= 0.3 is 5.97 Å². The third-order valence-electron chi connectivity index (χ3n) is 7.56. The summed E-state index contributed by atoms with van der Waals surface area (Å²) in [6.07, 6.45) is 3.43. The van der Waals surface area contributed by atoms with E-state index in [2.05, 4.69) is 21.3 Å². The van der Waals surface area contributed by atoms with Crippen LogP contribution in [0.3, 0.4) is 0 Å². The van der Waals surface area contributed by atoms with Crippen molar-refractivity contribution < 1.29 is 15.0 Å². The zero-order valence-electron chi connectivity index (χ0n) is 20.0. The van der Waals surface area contributed by atoms with Gasteiger partial charge in [-0.1, -0.05) is 18.2 Å². The Morgan fingerprint density at radius 1 is 1.29 bits per heavy atom. The van der Waals surface area contributed by atoms with E-state index >= 15 is 0 Å². The summed E-state index contributed by atoms with van der Waals surface area (Å²) < 4.78 is 0. The highest BCUT2D eigenvalue weighted by atomic mass is 16.4. The number of aliphatic hydroxyl groups excluding tert-OH is 1. The summed E-state index contributed by atoms with van der Waals surface area (Å²) in [7, 11) is 0. The van der Waals surface area contributed by atoms with Crippen molar-refractivity contribution in [3.05, 3.63) is 58.8 Å². The highest BCUT2D eigenvalue weighted by Crippen LogP contribution is 2.48. The molecule has 1 saturated carbocycles. The van der Waals surface area contributed by atoms with E-state index in [4.69, 9.17) is 4.98 Å². The summed E-state index contributed by atoms with van der Waals surface area (Å²) in [5, 5.41) is 33.3. The lowest BCUT2D eigenvalue weighted by atomic mass is 9.62. The minimum Gasteiger partial charge on any atom is -0.478 e.